The first-order chi connectivity index (χ1) is 12.2. The predicted octanol–water partition coefficient (Wildman–Crippen LogP) is 3.99. The third-order valence-electron chi connectivity index (χ3n) is 3.82. The fourth-order valence-electron chi connectivity index (χ4n) is 2.63. The molecular formula is C20H18O5. The molecule has 0 radical (unpaired) electrons. The van der Waals surface area contributed by atoms with Gasteiger partial charge in [-0.15, -0.1) is 0 Å². The number of hydrogen-bond donors (Lipinski definition) is 0. The Morgan fingerprint density at radius 3 is 2.36 bits per heavy atom. The summed E-state index contributed by atoms with van der Waals surface area (Å²) in [6, 6.07) is 12.2. The van der Waals surface area contributed by atoms with Gasteiger partial charge in [-0.25, -0.2) is 0 Å². The highest BCUT2D eigenvalue weighted by Crippen LogP contribution is 2.40. The lowest BCUT2D eigenvalue weighted by Crippen LogP contribution is -1.99. The molecule has 0 aliphatic heterocycles. The highest BCUT2D eigenvalue weighted by molar-refractivity contribution is 5.79. The highest BCUT2D eigenvalue weighted by Gasteiger charge is 2.14. The Morgan fingerprint density at radius 2 is 1.64 bits per heavy atom. The van der Waals surface area contributed by atoms with Crippen LogP contribution in [0.2, 0.25) is 0 Å². The van der Waals surface area contributed by atoms with Crippen LogP contribution in [0.1, 0.15) is 11.3 Å². The van der Waals surface area contributed by atoms with Crippen molar-refractivity contribution in [3.8, 4) is 17.2 Å². The molecule has 1 heterocycles. The zero-order valence-corrected chi connectivity index (χ0v) is 14.2. The Kier molecular flexibility index (Phi) is 4.75. The van der Waals surface area contributed by atoms with Crippen LogP contribution < -0.4 is 19.6 Å². The summed E-state index contributed by atoms with van der Waals surface area (Å²) in [4.78, 5) is 12.2. The number of rotatable bonds is 5. The van der Waals surface area contributed by atoms with Crippen LogP contribution in [0.25, 0.3) is 23.1 Å². The van der Waals surface area contributed by atoms with Crippen molar-refractivity contribution in [3.05, 3.63) is 64.0 Å². The molecule has 0 amide bonds. The quantitative estimate of drug-likeness (QED) is 0.704. The predicted molar refractivity (Wildman–Crippen MR) is 97.5 cm³/mol. The van der Waals surface area contributed by atoms with Gasteiger partial charge in [0, 0.05) is 11.6 Å². The maximum absolute atomic E-state index is 12.2. The Hall–Kier alpha value is -3.21. The van der Waals surface area contributed by atoms with Gasteiger partial charge < -0.3 is 18.6 Å². The normalized spacial score (nSPS) is 11.0. The van der Waals surface area contributed by atoms with Crippen molar-refractivity contribution in [1.29, 1.82) is 0 Å². The van der Waals surface area contributed by atoms with Crippen molar-refractivity contribution in [3.63, 3.8) is 0 Å². The van der Waals surface area contributed by atoms with Gasteiger partial charge in [-0.05, 0) is 36.4 Å². The van der Waals surface area contributed by atoms with E-state index in [1.165, 1.54) is 6.07 Å². The molecule has 0 aliphatic carbocycles. The molecule has 2 aromatic carbocycles. The van der Waals surface area contributed by atoms with Crippen LogP contribution in [0.15, 0.2) is 51.7 Å². The minimum absolute atomic E-state index is 0.0826. The topological polar surface area (TPSA) is 57.9 Å². The van der Waals surface area contributed by atoms with Crippen molar-refractivity contribution >= 4 is 23.1 Å². The molecule has 0 bridgehead atoms. The molecule has 0 spiro atoms. The van der Waals surface area contributed by atoms with Crippen LogP contribution in [-0.4, -0.2) is 21.3 Å². The SMILES string of the molecule is COc1ccc(C=Cc2cc(=O)c3ccccc3o2)c(OC)c1OC. The van der Waals surface area contributed by atoms with Gasteiger partial charge in [0.05, 0.1) is 26.7 Å². The van der Waals surface area contributed by atoms with Gasteiger partial charge in [0.25, 0.3) is 0 Å². The average molecular weight is 338 g/mol. The first-order valence-electron chi connectivity index (χ1n) is 7.68. The molecule has 25 heavy (non-hydrogen) atoms. The van der Waals surface area contributed by atoms with Crippen LogP contribution in [0.5, 0.6) is 17.2 Å². The first kappa shape index (κ1) is 16.6. The van der Waals surface area contributed by atoms with Crippen molar-refractivity contribution in [2.24, 2.45) is 0 Å². The van der Waals surface area contributed by atoms with Crippen molar-refractivity contribution in [2.75, 3.05) is 21.3 Å². The van der Waals surface area contributed by atoms with Gasteiger partial charge in [0.2, 0.25) is 5.75 Å². The molecule has 0 fully saturated rings. The van der Waals surface area contributed by atoms with Crippen LogP contribution in [0.3, 0.4) is 0 Å². The molecule has 0 unspecified atom stereocenters. The van der Waals surface area contributed by atoms with E-state index in [0.717, 1.165) is 5.56 Å². The second kappa shape index (κ2) is 7.13. The lowest BCUT2D eigenvalue weighted by atomic mass is 10.1. The van der Waals surface area contributed by atoms with E-state index < -0.39 is 0 Å². The van der Waals surface area contributed by atoms with E-state index in [1.54, 1.807) is 51.7 Å². The number of para-hydroxylation sites is 1. The molecule has 0 saturated carbocycles. The van der Waals surface area contributed by atoms with Gasteiger partial charge >= 0.3 is 0 Å². The molecule has 3 rings (SSSR count). The molecule has 1 aromatic heterocycles. The smallest absolute Gasteiger partial charge is 0.203 e. The minimum atomic E-state index is -0.0826. The van der Waals surface area contributed by atoms with Crippen LogP contribution in [0, 0.1) is 0 Å². The highest BCUT2D eigenvalue weighted by atomic mass is 16.5. The molecule has 5 nitrogen and oxygen atoms in total. The summed E-state index contributed by atoms with van der Waals surface area (Å²) in [5.74, 6) is 2.09. The third-order valence-corrected chi connectivity index (χ3v) is 3.82. The number of benzene rings is 2. The minimum Gasteiger partial charge on any atom is -0.493 e. The maximum atomic E-state index is 12.2. The Morgan fingerprint density at radius 1 is 0.880 bits per heavy atom. The summed E-state index contributed by atoms with van der Waals surface area (Å²) in [7, 11) is 4.68. The maximum Gasteiger partial charge on any atom is 0.203 e. The van der Waals surface area contributed by atoms with E-state index >= 15 is 0 Å². The van der Waals surface area contributed by atoms with E-state index in [0.29, 0.717) is 34.0 Å². The Labute approximate surface area is 145 Å². The lowest BCUT2D eigenvalue weighted by molar-refractivity contribution is 0.324. The number of ether oxygens (including phenoxy) is 3. The van der Waals surface area contributed by atoms with E-state index in [2.05, 4.69) is 0 Å². The third kappa shape index (κ3) is 3.21. The molecule has 128 valence electrons. The van der Waals surface area contributed by atoms with Crippen molar-refractivity contribution < 1.29 is 18.6 Å². The summed E-state index contributed by atoms with van der Waals surface area (Å²) in [5, 5.41) is 0.559. The van der Waals surface area contributed by atoms with E-state index in [9.17, 15) is 4.79 Å². The second-order valence-corrected chi connectivity index (χ2v) is 5.27. The number of hydrogen-bond acceptors (Lipinski definition) is 5. The van der Waals surface area contributed by atoms with Crippen LogP contribution in [-0.2, 0) is 0 Å². The molecule has 0 saturated heterocycles. The molecule has 5 heteroatoms. The average Bonchev–Trinajstić information content (AvgIpc) is 2.65. The van der Waals surface area contributed by atoms with E-state index in [1.807, 2.05) is 18.2 Å². The zero-order chi connectivity index (χ0) is 17.8. The Balaban J connectivity index is 2.04. The molecular weight excluding hydrogens is 320 g/mol. The zero-order valence-electron chi connectivity index (χ0n) is 14.2. The van der Waals surface area contributed by atoms with Crippen molar-refractivity contribution in [2.45, 2.75) is 0 Å². The van der Waals surface area contributed by atoms with E-state index in [4.69, 9.17) is 18.6 Å². The van der Waals surface area contributed by atoms with Crippen LogP contribution >= 0.6 is 0 Å². The molecule has 0 aliphatic rings. The summed E-state index contributed by atoms with van der Waals surface area (Å²) in [5.41, 5.74) is 1.24. The van der Waals surface area contributed by atoms with E-state index in [-0.39, 0.29) is 5.43 Å². The summed E-state index contributed by atoms with van der Waals surface area (Å²) in [6.07, 6.45) is 3.52. The summed E-state index contributed by atoms with van der Waals surface area (Å²) in [6.45, 7) is 0. The lowest BCUT2D eigenvalue weighted by Gasteiger charge is -2.13. The molecule has 3 aromatic rings. The summed E-state index contributed by atoms with van der Waals surface area (Å²) >= 11 is 0. The largest absolute Gasteiger partial charge is 0.493 e. The van der Waals surface area contributed by atoms with Crippen molar-refractivity contribution in [1.82, 2.24) is 0 Å². The van der Waals surface area contributed by atoms with Crippen LogP contribution in [0.4, 0.5) is 0 Å². The fraction of sp³-hybridized carbons (Fsp3) is 0.150. The fourth-order valence-corrected chi connectivity index (χ4v) is 2.63. The standard InChI is InChI=1S/C20H18O5/c1-22-18-11-9-13(19(23-2)20(18)24-3)8-10-14-12-16(21)15-6-4-5-7-17(15)25-14/h4-12H,1-3H3. The second-order valence-electron chi connectivity index (χ2n) is 5.27. The Bertz CT molecular complexity index is 985. The summed E-state index contributed by atoms with van der Waals surface area (Å²) < 4.78 is 21.8. The van der Waals surface area contributed by atoms with Gasteiger partial charge in [0.15, 0.2) is 16.9 Å². The van der Waals surface area contributed by atoms with Gasteiger partial charge in [-0.2, -0.15) is 0 Å². The number of fused-ring (bicyclic) bond motifs is 1. The van der Waals surface area contributed by atoms with Gasteiger partial charge in [-0.1, -0.05) is 12.1 Å². The van der Waals surface area contributed by atoms with Gasteiger partial charge in [-0.3, -0.25) is 4.79 Å². The number of methoxy groups -OCH3 is 3. The first-order valence-corrected chi connectivity index (χ1v) is 7.68. The van der Waals surface area contributed by atoms with Gasteiger partial charge in [0.1, 0.15) is 11.3 Å². The monoisotopic (exact) mass is 338 g/mol. The molecule has 0 N–H and O–H groups in total. The molecule has 0 atom stereocenters.